The van der Waals surface area contributed by atoms with E-state index in [0.29, 0.717) is 24.0 Å². The van der Waals surface area contributed by atoms with Crippen LogP contribution in [0.15, 0.2) is 54.6 Å². The van der Waals surface area contributed by atoms with E-state index in [4.69, 9.17) is 5.73 Å². The lowest BCUT2D eigenvalue weighted by molar-refractivity contribution is -0.138. The number of hydrogen-bond donors (Lipinski definition) is 4. The molecule has 0 aliphatic heterocycles. The molecule has 0 fully saturated rings. The van der Waals surface area contributed by atoms with Gasteiger partial charge in [0.1, 0.15) is 5.78 Å². The van der Waals surface area contributed by atoms with Crippen LogP contribution in [0.3, 0.4) is 0 Å². The third kappa shape index (κ3) is 8.36. The van der Waals surface area contributed by atoms with Crippen molar-refractivity contribution in [2.24, 2.45) is 11.7 Å². The standard InChI is InChI=1S/C23H33N2O6PS/c1-17(2)22(25-33(30,31)13-7-11-18-8-4-3-5-9-18)32(28,29)16-21(23(26)27)20-12-6-10-19(14-20)15-24/h3-6,8-10,12,14,17,21-22,25H,7,11,13,15-16,24H2,1-2H3,(H,26,27)(H,28,29)/t21?,22-/m0/s1. The number of benzene rings is 2. The fourth-order valence-electron chi connectivity index (χ4n) is 3.68. The number of aliphatic carboxylic acids is 1. The second-order valence-electron chi connectivity index (χ2n) is 8.49. The molecule has 0 amide bonds. The monoisotopic (exact) mass is 496 g/mol. The summed E-state index contributed by atoms with van der Waals surface area (Å²) in [4.78, 5) is 22.8. The summed E-state index contributed by atoms with van der Waals surface area (Å²) in [6.07, 6.45) is 0.318. The summed E-state index contributed by atoms with van der Waals surface area (Å²) in [6, 6.07) is 16.0. The quantitative estimate of drug-likeness (QED) is 0.312. The summed E-state index contributed by atoms with van der Waals surface area (Å²) in [5.41, 5.74) is 7.69. The second-order valence-corrected chi connectivity index (χ2v) is 12.8. The van der Waals surface area contributed by atoms with Crippen LogP contribution < -0.4 is 10.5 Å². The number of carboxylic acids is 1. The molecule has 8 nitrogen and oxygen atoms in total. The summed E-state index contributed by atoms with van der Waals surface area (Å²) in [5.74, 6) is -4.54. The Labute approximate surface area is 195 Å². The van der Waals surface area contributed by atoms with Gasteiger partial charge < -0.3 is 15.7 Å². The van der Waals surface area contributed by atoms with E-state index in [1.54, 1.807) is 38.1 Å². The molecule has 3 atom stereocenters. The van der Waals surface area contributed by atoms with Crippen molar-refractivity contribution < 1.29 is 27.8 Å². The molecule has 10 heteroatoms. The molecule has 0 saturated carbocycles. The summed E-state index contributed by atoms with van der Waals surface area (Å²) in [5, 5.41) is 9.73. The lowest BCUT2D eigenvalue weighted by atomic mass is 9.99. The van der Waals surface area contributed by atoms with Gasteiger partial charge in [-0.15, -0.1) is 0 Å². The predicted molar refractivity (Wildman–Crippen MR) is 130 cm³/mol. The zero-order valence-corrected chi connectivity index (χ0v) is 20.6. The molecule has 0 bridgehead atoms. The first-order chi connectivity index (χ1) is 15.4. The maximum absolute atomic E-state index is 13.3. The molecule has 2 unspecified atom stereocenters. The van der Waals surface area contributed by atoms with Gasteiger partial charge in [0, 0.05) is 12.7 Å². The van der Waals surface area contributed by atoms with Gasteiger partial charge in [-0.25, -0.2) is 13.1 Å². The molecule has 0 heterocycles. The minimum absolute atomic E-state index is 0.202. The Morgan fingerprint density at radius 3 is 2.30 bits per heavy atom. The molecule has 2 aromatic rings. The average Bonchev–Trinajstić information content (AvgIpc) is 2.76. The lowest BCUT2D eigenvalue weighted by Gasteiger charge is -2.29. The van der Waals surface area contributed by atoms with Crippen molar-refractivity contribution in [1.82, 2.24) is 4.72 Å². The van der Waals surface area contributed by atoms with Crippen molar-refractivity contribution >= 4 is 23.4 Å². The zero-order chi connectivity index (χ0) is 24.6. The van der Waals surface area contributed by atoms with Crippen LogP contribution in [0.4, 0.5) is 0 Å². The van der Waals surface area contributed by atoms with E-state index >= 15 is 0 Å². The number of aryl methyl sites for hydroxylation is 1. The van der Waals surface area contributed by atoms with E-state index in [2.05, 4.69) is 4.72 Å². The highest BCUT2D eigenvalue weighted by Crippen LogP contribution is 2.51. The van der Waals surface area contributed by atoms with Crippen molar-refractivity contribution in [1.29, 1.82) is 0 Å². The Kier molecular flexibility index (Phi) is 9.82. The van der Waals surface area contributed by atoms with E-state index in [1.807, 2.05) is 30.3 Å². The molecule has 2 aromatic carbocycles. The van der Waals surface area contributed by atoms with Crippen molar-refractivity contribution in [2.75, 3.05) is 11.9 Å². The van der Waals surface area contributed by atoms with E-state index in [-0.39, 0.29) is 12.3 Å². The Hall–Kier alpha value is -2.03. The predicted octanol–water partition coefficient (Wildman–Crippen LogP) is 3.12. The van der Waals surface area contributed by atoms with Crippen LogP contribution in [0.25, 0.3) is 0 Å². The fourth-order valence-corrected chi connectivity index (χ4v) is 8.15. The smallest absolute Gasteiger partial charge is 0.311 e. The highest BCUT2D eigenvalue weighted by atomic mass is 32.2. The van der Waals surface area contributed by atoms with Crippen LogP contribution in [0.1, 0.15) is 42.9 Å². The minimum atomic E-state index is -4.25. The molecule has 0 radical (unpaired) electrons. The molecule has 0 aromatic heterocycles. The summed E-state index contributed by atoms with van der Waals surface area (Å²) >= 11 is 0. The van der Waals surface area contributed by atoms with Gasteiger partial charge >= 0.3 is 5.97 Å². The van der Waals surface area contributed by atoms with Gasteiger partial charge in [-0.2, -0.15) is 0 Å². The summed E-state index contributed by atoms with van der Waals surface area (Å²) < 4.78 is 41.1. The summed E-state index contributed by atoms with van der Waals surface area (Å²) in [7, 11) is -8.10. The van der Waals surface area contributed by atoms with Gasteiger partial charge in [-0.3, -0.25) is 9.36 Å². The highest BCUT2D eigenvalue weighted by Gasteiger charge is 2.40. The molecule has 182 valence electrons. The van der Waals surface area contributed by atoms with E-state index in [1.165, 1.54) is 0 Å². The van der Waals surface area contributed by atoms with Crippen molar-refractivity contribution in [3.63, 3.8) is 0 Å². The van der Waals surface area contributed by atoms with E-state index in [0.717, 1.165) is 5.56 Å². The number of hydrogen-bond acceptors (Lipinski definition) is 5. The number of sulfonamides is 1. The first-order valence-electron chi connectivity index (χ1n) is 10.8. The topological polar surface area (TPSA) is 147 Å². The van der Waals surface area contributed by atoms with Crippen molar-refractivity contribution in [2.45, 2.75) is 44.9 Å². The maximum atomic E-state index is 13.3. The molecule has 0 aliphatic rings. The average molecular weight is 497 g/mol. The van der Waals surface area contributed by atoms with Crippen LogP contribution in [0, 0.1) is 5.92 Å². The number of nitrogens with two attached hydrogens (primary N) is 1. The molecular weight excluding hydrogens is 463 g/mol. The zero-order valence-electron chi connectivity index (χ0n) is 18.9. The minimum Gasteiger partial charge on any atom is -0.481 e. The van der Waals surface area contributed by atoms with Crippen LogP contribution in [0.2, 0.25) is 0 Å². The van der Waals surface area contributed by atoms with Gasteiger partial charge in [-0.1, -0.05) is 68.4 Å². The third-order valence-electron chi connectivity index (χ3n) is 5.42. The molecule has 0 aliphatic carbocycles. The van der Waals surface area contributed by atoms with Gasteiger partial charge in [0.05, 0.1) is 11.7 Å². The largest absolute Gasteiger partial charge is 0.481 e. The number of rotatable bonds is 13. The highest BCUT2D eigenvalue weighted by molar-refractivity contribution is 7.89. The second kappa shape index (κ2) is 11.9. The van der Waals surface area contributed by atoms with Gasteiger partial charge in [0.15, 0.2) is 0 Å². The van der Waals surface area contributed by atoms with Crippen molar-refractivity contribution in [3.8, 4) is 0 Å². The van der Waals surface area contributed by atoms with E-state index in [9.17, 15) is 27.8 Å². The lowest BCUT2D eigenvalue weighted by Crippen LogP contribution is -2.41. The molecule has 0 spiro atoms. The molecule has 33 heavy (non-hydrogen) atoms. The molecular formula is C23H33N2O6PS. The Bertz CT molecular complexity index is 1080. The number of nitrogens with one attached hydrogen (secondary N) is 1. The Morgan fingerprint density at radius 2 is 1.73 bits per heavy atom. The van der Waals surface area contributed by atoms with Crippen LogP contribution in [-0.4, -0.2) is 42.1 Å². The first-order valence-corrected chi connectivity index (χ1v) is 14.4. The summed E-state index contributed by atoms with van der Waals surface area (Å²) in [6.45, 7) is 3.46. The SMILES string of the molecule is CC(C)[C@@H](NS(=O)(=O)CCCc1ccccc1)P(=O)(O)CC(C(=O)O)c1cccc(CN)c1. The van der Waals surface area contributed by atoms with Gasteiger partial charge in [0.2, 0.25) is 17.4 Å². The van der Waals surface area contributed by atoms with Crippen LogP contribution in [0.5, 0.6) is 0 Å². The van der Waals surface area contributed by atoms with Crippen LogP contribution >= 0.6 is 7.37 Å². The fraction of sp³-hybridized carbons (Fsp3) is 0.435. The molecule has 5 N–H and O–H groups in total. The van der Waals surface area contributed by atoms with Gasteiger partial charge in [0.25, 0.3) is 0 Å². The van der Waals surface area contributed by atoms with Crippen LogP contribution in [-0.2, 0) is 32.3 Å². The number of carboxylic acid groups (broad SMARTS) is 1. The van der Waals surface area contributed by atoms with E-state index < -0.39 is 47.1 Å². The third-order valence-corrected chi connectivity index (χ3v) is 9.52. The molecule has 0 saturated heterocycles. The Balaban J connectivity index is 2.15. The maximum Gasteiger partial charge on any atom is 0.311 e. The Morgan fingerprint density at radius 1 is 1.09 bits per heavy atom. The van der Waals surface area contributed by atoms with Crippen molar-refractivity contribution in [3.05, 3.63) is 71.3 Å². The first kappa shape index (κ1) is 27.2. The number of carbonyl (C=O) groups is 1. The van der Waals surface area contributed by atoms with Gasteiger partial charge in [-0.05, 0) is 35.4 Å². The normalized spacial score (nSPS) is 15.7. The molecule has 2 rings (SSSR count).